The van der Waals surface area contributed by atoms with E-state index in [0.29, 0.717) is 5.84 Å². The molecule has 1 saturated carbocycles. The molecule has 0 unspecified atom stereocenters. The average Bonchev–Trinajstić information content (AvgIpc) is 2.44. The second-order valence-electron chi connectivity index (χ2n) is 4.75. The van der Waals surface area contributed by atoms with E-state index in [0.717, 1.165) is 25.4 Å². The summed E-state index contributed by atoms with van der Waals surface area (Å²) < 4.78 is 0. The molecule has 3 nitrogen and oxygen atoms in total. The molecule has 3 heteroatoms. The molecule has 0 aromatic rings. The van der Waals surface area contributed by atoms with Crippen LogP contribution in [0.25, 0.3) is 0 Å². The highest BCUT2D eigenvalue weighted by Gasteiger charge is 2.16. The molecule has 0 aliphatic heterocycles. The number of hydrogen-bond donors (Lipinski definition) is 2. The molecule has 0 atom stereocenters. The largest absolute Gasteiger partial charge is 0.388 e. The summed E-state index contributed by atoms with van der Waals surface area (Å²) in [5.41, 5.74) is 5.35. The number of hydrogen-bond acceptors (Lipinski definition) is 2. The van der Waals surface area contributed by atoms with E-state index in [1.54, 1.807) is 0 Å². The molecule has 88 valence electrons. The fourth-order valence-corrected chi connectivity index (χ4v) is 2.40. The SMILES string of the molecule is CN(CCCC(=N)N)C1CCCCCC1. The molecule has 1 rings (SSSR count). The predicted molar refractivity (Wildman–Crippen MR) is 65.3 cm³/mol. The zero-order chi connectivity index (χ0) is 11.1. The maximum atomic E-state index is 7.18. The van der Waals surface area contributed by atoms with E-state index in [-0.39, 0.29) is 0 Å². The summed E-state index contributed by atoms with van der Waals surface area (Å²) in [5.74, 6) is 0.323. The summed E-state index contributed by atoms with van der Waals surface area (Å²) in [4.78, 5) is 2.47. The van der Waals surface area contributed by atoms with Gasteiger partial charge in [0.25, 0.3) is 0 Å². The molecule has 0 radical (unpaired) electrons. The van der Waals surface area contributed by atoms with Gasteiger partial charge in [-0.2, -0.15) is 0 Å². The van der Waals surface area contributed by atoms with Crippen LogP contribution in [0.3, 0.4) is 0 Å². The Morgan fingerprint density at radius 3 is 2.40 bits per heavy atom. The van der Waals surface area contributed by atoms with E-state index in [1.165, 1.54) is 38.5 Å². The minimum Gasteiger partial charge on any atom is -0.388 e. The highest BCUT2D eigenvalue weighted by Crippen LogP contribution is 2.21. The minimum absolute atomic E-state index is 0.323. The van der Waals surface area contributed by atoms with Crippen LogP contribution in [0.5, 0.6) is 0 Å². The number of nitrogens with one attached hydrogen (secondary N) is 1. The van der Waals surface area contributed by atoms with Crippen molar-refractivity contribution in [2.75, 3.05) is 13.6 Å². The molecular weight excluding hydrogens is 186 g/mol. The molecule has 0 bridgehead atoms. The lowest BCUT2D eigenvalue weighted by Gasteiger charge is -2.26. The molecule has 1 fully saturated rings. The highest BCUT2D eigenvalue weighted by molar-refractivity contribution is 5.76. The zero-order valence-corrected chi connectivity index (χ0v) is 9.97. The van der Waals surface area contributed by atoms with Crippen molar-refractivity contribution in [3.05, 3.63) is 0 Å². The van der Waals surface area contributed by atoms with Crippen LogP contribution in [-0.2, 0) is 0 Å². The van der Waals surface area contributed by atoms with Gasteiger partial charge in [-0.3, -0.25) is 5.41 Å². The van der Waals surface area contributed by atoms with Crippen LogP contribution in [0.15, 0.2) is 0 Å². The van der Waals surface area contributed by atoms with Crippen LogP contribution in [0.2, 0.25) is 0 Å². The number of amidine groups is 1. The van der Waals surface area contributed by atoms with E-state index < -0.39 is 0 Å². The van der Waals surface area contributed by atoms with E-state index in [4.69, 9.17) is 11.1 Å². The van der Waals surface area contributed by atoms with Crippen LogP contribution in [0.1, 0.15) is 51.4 Å². The first-order valence-corrected chi connectivity index (χ1v) is 6.23. The van der Waals surface area contributed by atoms with Crippen LogP contribution < -0.4 is 5.73 Å². The third kappa shape index (κ3) is 5.17. The van der Waals surface area contributed by atoms with Crippen molar-refractivity contribution in [1.82, 2.24) is 4.90 Å². The lowest BCUT2D eigenvalue weighted by atomic mass is 10.1. The van der Waals surface area contributed by atoms with E-state index >= 15 is 0 Å². The fraction of sp³-hybridized carbons (Fsp3) is 0.917. The first-order valence-electron chi connectivity index (χ1n) is 6.23. The van der Waals surface area contributed by atoms with Crippen molar-refractivity contribution in [2.24, 2.45) is 5.73 Å². The third-order valence-electron chi connectivity index (χ3n) is 3.40. The Labute approximate surface area is 93.5 Å². The molecule has 0 saturated heterocycles. The topological polar surface area (TPSA) is 53.1 Å². The van der Waals surface area contributed by atoms with Crippen LogP contribution >= 0.6 is 0 Å². The average molecular weight is 211 g/mol. The van der Waals surface area contributed by atoms with Gasteiger partial charge in [-0.15, -0.1) is 0 Å². The Hall–Kier alpha value is -0.570. The lowest BCUT2D eigenvalue weighted by molar-refractivity contribution is 0.220. The van der Waals surface area contributed by atoms with Gasteiger partial charge in [-0.1, -0.05) is 25.7 Å². The summed E-state index contributed by atoms with van der Waals surface area (Å²) in [6.45, 7) is 1.09. The van der Waals surface area contributed by atoms with Crippen molar-refractivity contribution >= 4 is 5.84 Å². The van der Waals surface area contributed by atoms with Gasteiger partial charge < -0.3 is 10.6 Å². The van der Waals surface area contributed by atoms with Gasteiger partial charge in [0.2, 0.25) is 0 Å². The minimum atomic E-state index is 0.323. The fourth-order valence-electron chi connectivity index (χ4n) is 2.40. The molecule has 0 spiro atoms. The first kappa shape index (κ1) is 12.5. The highest BCUT2D eigenvalue weighted by atomic mass is 15.1. The summed E-state index contributed by atoms with van der Waals surface area (Å²) >= 11 is 0. The smallest absolute Gasteiger partial charge is 0.0905 e. The standard InChI is InChI=1S/C12H25N3/c1-15(10-6-9-12(13)14)11-7-4-2-3-5-8-11/h11H,2-10H2,1H3,(H3,13,14). The predicted octanol–water partition coefficient (Wildman–Crippen LogP) is 2.36. The molecule has 1 aliphatic rings. The molecule has 0 amide bonds. The van der Waals surface area contributed by atoms with Gasteiger partial charge in [-0.05, 0) is 32.9 Å². The quantitative estimate of drug-likeness (QED) is 0.417. The number of nitrogens with zero attached hydrogens (tertiary/aromatic N) is 1. The molecule has 1 aliphatic carbocycles. The van der Waals surface area contributed by atoms with Gasteiger partial charge in [0.05, 0.1) is 5.84 Å². The lowest BCUT2D eigenvalue weighted by Crippen LogP contribution is -2.32. The van der Waals surface area contributed by atoms with Gasteiger partial charge in [0.15, 0.2) is 0 Å². The van der Waals surface area contributed by atoms with Gasteiger partial charge in [0.1, 0.15) is 0 Å². The van der Waals surface area contributed by atoms with Crippen molar-refractivity contribution in [1.29, 1.82) is 5.41 Å². The molecule has 3 N–H and O–H groups in total. The Balaban J connectivity index is 2.19. The maximum absolute atomic E-state index is 7.18. The molecule has 0 aromatic heterocycles. The van der Waals surface area contributed by atoms with Crippen molar-refractivity contribution < 1.29 is 0 Å². The van der Waals surface area contributed by atoms with Crippen LogP contribution in [0, 0.1) is 5.41 Å². The second-order valence-corrected chi connectivity index (χ2v) is 4.75. The second kappa shape index (κ2) is 6.83. The molecule has 15 heavy (non-hydrogen) atoms. The monoisotopic (exact) mass is 211 g/mol. The molecular formula is C12H25N3. The van der Waals surface area contributed by atoms with E-state index in [1.807, 2.05) is 0 Å². The number of rotatable bonds is 5. The van der Waals surface area contributed by atoms with Gasteiger partial charge in [-0.25, -0.2) is 0 Å². The van der Waals surface area contributed by atoms with E-state index in [9.17, 15) is 0 Å². The van der Waals surface area contributed by atoms with Crippen molar-refractivity contribution in [3.8, 4) is 0 Å². The summed E-state index contributed by atoms with van der Waals surface area (Å²) in [7, 11) is 2.22. The third-order valence-corrected chi connectivity index (χ3v) is 3.40. The van der Waals surface area contributed by atoms with Crippen molar-refractivity contribution in [2.45, 2.75) is 57.4 Å². The summed E-state index contributed by atoms with van der Waals surface area (Å²) in [6, 6.07) is 0.777. The maximum Gasteiger partial charge on any atom is 0.0905 e. The Kier molecular flexibility index (Phi) is 5.69. The Bertz CT molecular complexity index is 183. The zero-order valence-electron chi connectivity index (χ0n) is 9.97. The summed E-state index contributed by atoms with van der Waals surface area (Å²) in [6.07, 6.45) is 10.1. The van der Waals surface area contributed by atoms with Gasteiger partial charge in [0, 0.05) is 12.5 Å². The van der Waals surface area contributed by atoms with E-state index in [2.05, 4.69) is 11.9 Å². The van der Waals surface area contributed by atoms with Crippen LogP contribution in [0.4, 0.5) is 0 Å². The Morgan fingerprint density at radius 2 is 1.87 bits per heavy atom. The first-order chi connectivity index (χ1) is 7.20. The number of nitrogens with two attached hydrogens (primary N) is 1. The molecule has 0 heterocycles. The Morgan fingerprint density at radius 1 is 1.27 bits per heavy atom. The normalized spacial score (nSPS) is 19.1. The van der Waals surface area contributed by atoms with Crippen molar-refractivity contribution in [3.63, 3.8) is 0 Å². The summed E-state index contributed by atoms with van der Waals surface area (Å²) in [5, 5.41) is 7.18. The molecule has 0 aromatic carbocycles. The van der Waals surface area contributed by atoms with Gasteiger partial charge >= 0.3 is 0 Å². The van der Waals surface area contributed by atoms with Crippen LogP contribution in [-0.4, -0.2) is 30.4 Å².